The van der Waals surface area contributed by atoms with E-state index in [4.69, 9.17) is 19.5 Å². The summed E-state index contributed by atoms with van der Waals surface area (Å²) in [5, 5.41) is 22.8. The van der Waals surface area contributed by atoms with E-state index in [1.54, 1.807) is 38.1 Å². The van der Waals surface area contributed by atoms with Gasteiger partial charge < -0.3 is 20.7 Å². The first-order valence-electron chi connectivity index (χ1n) is 12.9. The van der Waals surface area contributed by atoms with Crippen molar-refractivity contribution in [2.75, 3.05) is 38.4 Å². The highest BCUT2D eigenvalue weighted by Gasteiger charge is 2.45. The number of alkyl halides is 1. The highest BCUT2D eigenvalue weighted by atomic mass is 32.2. The molecule has 1 heterocycles. The van der Waals surface area contributed by atoms with Gasteiger partial charge in [0.05, 0.1) is 31.3 Å². The van der Waals surface area contributed by atoms with Gasteiger partial charge in [-0.1, -0.05) is 42.1 Å². The SMILES string of the molecule is COC(COP(=O)(NCc1ccccc1)OCCSC(=O)C(C)(C)CO)[C@H](O)C(C)(F)C(C)n1ccc(N)nc1=O. The highest BCUT2D eigenvalue weighted by molar-refractivity contribution is 8.13. The molecule has 41 heavy (non-hydrogen) atoms. The summed E-state index contributed by atoms with van der Waals surface area (Å²) in [5.74, 6) is 0.102. The molecule has 4 unspecified atom stereocenters. The normalized spacial score (nSPS) is 17.3. The summed E-state index contributed by atoms with van der Waals surface area (Å²) in [4.78, 5) is 28.1. The second-order valence-corrected chi connectivity index (χ2v) is 13.1. The number of hydrogen-bond donors (Lipinski definition) is 4. The van der Waals surface area contributed by atoms with Gasteiger partial charge in [-0.3, -0.25) is 18.4 Å². The van der Waals surface area contributed by atoms with E-state index in [1.807, 2.05) is 6.07 Å². The van der Waals surface area contributed by atoms with Crippen molar-refractivity contribution in [2.24, 2.45) is 5.41 Å². The molecule has 0 spiro atoms. The standard InChI is InChI=1S/C26H40FN4O8PS/c1-18(31-12-11-21(28)30-24(31)35)26(4,27)22(33)20(37-5)16-39-40(36,29-15-19-9-7-6-8-10-19)38-13-14-41-23(34)25(2,3)17-32/h6-12,18,20,22,32-33H,13-17H2,1-5H3,(H,29,36)(H2,28,30,35)/t18?,20?,22-,26?,40?/m0/s1. The van der Waals surface area contributed by atoms with Crippen molar-refractivity contribution in [3.8, 4) is 0 Å². The van der Waals surface area contributed by atoms with E-state index in [2.05, 4.69) is 10.1 Å². The van der Waals surface area contributed by atoms with Crippen molar-refractivity contribution in [1.29, 1.82) is 0 Å². The van der Waals surface area contributed by atoms with Crippen LogP contribution in [0.1, 0.15) is 39.3 Å². The lowest BCUT2D eigenvalue weighted by Crippen LogP contribution is -2.52. The first-order valence-corrected chi connectivity index (χ1v) is 15.4. The van der Waals surface area contributed by atoms with Crippen LogP contribution in [-0.4, -0.2) is 75.4 Å². The van der Waals surface area contributed by atoms with E-state index in [1.165, 1.54) is 26.3 Å². The lowest BCUT2D eigenvalue weighted by Gasteiger charge is -2.36. The Kier molecular flexibility index (Phi) is 13.1. The molecule has 1 aromatic heterocycles. The lowest BCUT2D eigenvalue weighted by atomic mass is 9.89. The summed E-state index contributed by atoms with van der Waals surface area (Å²) in [6.45, 7) is 4.79. The molecule has 2 rings (SSSR count). The third-order valence-electron chi connectivity index (χ3n) is 6.57. The maximum atomic E-state index is 15.9. The van der Waals surface area contributed by atoms with Crippen molar-refractivity contribution < 1.29 is 37.7 Å². The van der Waals surface area contributed by atoms with Crippen molar-refractivity contribution in [1.82, 2.24) is 14.6 Å². The molecule has 0 aliphatic rings. The zero-order chi connectivity index (χ0) is 30.8. The van der Waals surface area contributed by atoms with Gasteiger partial charge in [-0.25, -0.2) is 18.8 Å². The molecule has 5 atom stereocenters. The summed E-state index contributed by atoms with van der Waals surface area (Å²) in [6, 6.07) is 9.18. The number of carbonyl (C=O) groups excluding carboxylic acids is 1. The Morgan fingerprint density at radius 2 is 1.90 bits per heavy atom. The Morgan fingerprint density at radius 1 is 1.24 bits per heavy atom. The molecular weight excluding hydrogens is 578 g/mol. The molecule has 0 amide bonds. The van der Waals surface area contributed by atoms with Gasteiger partial charge in [0.25, 0.3) is 0 Å². The monoisotopic (exact) mass is 618 g/mol. The number of nitrogens with two attached hydrogens (primary N) is 1. The van der Waals surface area contributed by atoms with Gasteiger partial charge in [0.15, 0.2) is 10.8 Å². The van der Waals surface area contributed by atoms with E-state index < -0.39 is 49.4 Å². The van der Waals surface area contributed by atoms with Crippen LogP contribution in [0.4, 0.5) is 10.2 Å². The quantitative estimate of drug-likeness (QED) is 0.151. The Hall–Kier alpha value is -2.16. The van der Waals surface area contributed by atoms with Gasteiger partial charge in [0.2, 0.25) is 0 Å². The van der Waals surface area contributed by atoms with Crippen LogP contribution in [0.3, 0.4) is 0 Å². The van der Waals surface area contributed by atoms with Crippen LogP contribution in [0, 0.1) is 5.41 Å². The number of ether oxygens (including phenoxy) is 1. The molecule has 0 aliphatic heterocycles. The average molecular weight is 619 g/mol. The van der Waals surface area contributed by atoms with Crippen molar-refractivity contribution in [3.05, 3.63) is 58.6 Å². The van der Waals surface area contributed by atoms with E-state index in [9.17, 15) is 24.4 Å². The first-order chi connectivity index (χ1) is 19.2. The Bertz CT molecular complexity index is 1230. The van der Waals surface area contributed by atoms with Crippen LogP contribution in [-0.2, 0) is 29.7 Å². The topological polar surface area (TPSA) is 175 Å². The third-order valence-corrected chi connectivity index (χ3v) is 9.32. The average Bonchev–Trinajstić information content (AvgIpc) is 2.94. The maximum absolute atomic E-state index is 15.9. The van der Waals surface area contributed by atoms with Crippen LogP contribution in [0.25, 0.3) is 0 Å². The van der Waals surface area contributed by atoms with Crippen LogP contribution in [0.5, 0.6) is 0 Å². The largest absolute Gasteiger partial charge is 0.405 e. The number of nitrogens with one attached hydrogen (secondary N) is 1. The van der Waals surface area contributed by atoms with E-state index >= 15 is 4.39 Å². The summed E-state index contributed by atoms with van der Waals surface area (Å²) >= 11 is 0.920. The van der Waals surface area contributed by atoms with Crippen LogP contribution < -0.4 is 16.5 Å². The smallest absolute Gasteiger partial charge is 0.395 e. The molecule has 230 valence electrons. The summed E-state index contributed by atoms with van der Waals surface area (Å²) in [5.41, 5.74) is 2.14. The molecule has 12 nitrogen and oxygen atoms in total. The fourth-order valence-corrected chi connectivity index (χ4v) is 5.77. The summed E-state index contributed by atoms with van der Waals surface area (Å²) < 4.78 is 47.0. The van der Waals surface area contributed by atoms with Crippen molar-refractivity contribution in [3.63, 3.8) is 0 Å². The zero-order valence-corrected chi connectivity index (χ0v) is 25.6. The number of halogens is 1. The van der Waals surface area contributed by atoms with Gasteiger partial charge in [-0.15, -0.1) is 0 Å². The summed E-state index contributed by atoms with van der Waals surface area (Å²) in [6.07, 6.45) is -1.87. The fraction of sp³-hybridized carbons (Fsp3) is 0.577. The molecule has 0 saturated carbocycles. The summed E-state index contributed by atoms with van der Waals surface area (Å²) in [7, 11) is -2.84. The zero-order valence-electron chi connectivity index (χ0n) is 23.9. The number of nitrogen functional groups attached to an aromatic ring is 1. The molecule has 0 radical (unpaired) electrons. The van der Waals surface area contributed by atoms with E-state index in [0.717, 1.165) is 28.8 Å². The van der Waals surface area contributed by atoms with E-state index in [-0.39, 0.29) is 36.4 Å². The van der Waals surface area contributed by atoms with Gasteiger partial charge in [-0.05, 0) is 39.3 Å². The van der Waals surface area contributed by atoms with Crippen molar-refractivity contribution in [2.45, 2.75) is 58.2 Å². The number of methoxy groups -OCH3 is 1. The van der Waals surface area contributed by atoms with Gasteiger partial charge in [0, 0.05) is 25.6 Å². The molecular formula is C26H40FN4O8PS. The van der Waals surface area contributed by atoms with Crippen molar-refractivity contribution >= 4 is 30.4 Å². The van der Waals surface area contributed by atoms with Crippen LogP contribution >= 0.6 is 19.5 Å². The molecule has 0 saturated heterocycles. The third kappa shape index (κ3) is 9.97. The number of benzene rings is 1. The number of anilines is 1. The van der Waals surface area contributed by atoms with E-state index in [0.29, 0.717) is 0 Å². The van der Waals surface area contributed by atoms with Gasteiger partial charge >= 0.3 is 13.4 Å². The van der Waals surface area contributed by atoms with Crippen LogP contribution in [0.2, 0.25) is 0 Å². The molecule has 5 N–H and O–H groups in total. The molecule has 15 heteroatoms. The number of nitrogens with zero attached hydrogens (tertiary/aromatic N) is 2. The number of aromatic nitrogens is 2. The molecule has 0 aliphatic carbocycles. The second kappa shape index (κ2) is 15.4. The number of aliphatic hydroxyl groups is 2. The predicted molar refractivity (Wildman–Crippen MR) is 155 cm³/mol. The Balaban J connectivity index is 2.13. The fourth-order valence-electron chi connectivity index (χ4n) is 3.53. The van der Waals surface area contributed by atoms with Crippen LogP contribution in [0.15, 0.2) is 47.4 Å². The minimum Gasteiger partial charge on any atom is -0.395 e. The molecule has 1 aromatic carbocycles. The van der Waals surface area contributed by atoms with Gasteiger partial charge in [0.1, 0.15) is 18.0 Å². The minimum atomic E-state index is -4.06. The second-order valence-electron chi connectivity index (χ2n) is 10.2. The minimum absolute atomic E-state index is 0.0265. The lowest BCUT2D eigenvalue weighted by molar-refractivity contribution is -0.119. The molecule has 2 aromatic rings. The number of thioether (sulfide) groups is 1. The number of rotatable bonds is 17. The predicted octanol–water partition coefficient (Wildman–Crippen LogP) is 2.70. The Labute approximate surface area is 243 Å². The molecule has 0 fully saturated rings. The Morgan fingerprint density at radius 3 is 2.49 bits per heavy atom. The first kappa shape index (κ1) is 35.0. The molecule has 0 bridgehead atoms. The highest BCUT2D eigenvalue weighted by Crippen LogP contribution is 2.45. The number of carbonyl (C=O) groups is 1. The maximum Gasteiger partial charge on any atom is 0.405 e. The number of aliphatic hydroxyl groups excluding tert-OH is 2. The number of hydrogen-bond acceptors (Lipinski definition) is 11. The van der Waals surface area contributed by atoms with Gasteiger partial charge in [-0.2, -0.15) is 4.98 Å².